The summed E-state index contributed by atoms with van der Waals surface area (Å²) in [6.07, 6.45) is 5.36. The molecule has 0 radical (unpaired) electrons. The second-order valence-electron chi connectivity index (χ2n) is 5.29. The van der Waals surface area contributed by atoms with Crippen LogP contribution in [0.5, 0.6) is 0 Å². The Morgan fingerprint density at radius 3 is 2.67 bits per heavy atom. The largest absolute Gasteiger partial charge is 0.311 e. The molecular weight excluding hydrogens is 184 g/mol. The highest BCUT2D eigenvalue weighted by atomic mass is 15.2. The molecule has 0 aliphatic carbocycles. The Morgan fingerprint density at radius 1 is 1.33 bits per heavy atom. The molecule has 0 aromatic carbocycles. The lowest BCUT2D eigenvalue weighted by atomic mass is 10.0. The third-order valence-electron chi connectivity index (χ3n) is 3.35. The van der Waals surface area contributed by atoms with Crippen LogP contribution in [0.25, 0.3) is 0 Å². The Bertz CT molecular complexity index is 168. The zero-order valence-electron chi connectivity index (χ0n) is 10.9. The van der Waals surface area contributed by atoms with Crippen molar-refractivity contribution < 1.29 is 0 Å². The van der Waals surface area contributed by atoms with Gasteiger partial charge >= 0.3 is 0 Å². The summed E-state index contributed by atoms with van der Waals surface area (Å²) in [5.74, 6) is 0. The maximum atomic E-state index is 3.67. The van der Waals surface area contributed by atoms with Gasteiger partial charge in [0, 0.05) is 24.7 Å². The van der Waals surface area contributed by atoms with Crippen LogP contribution in [-0.2, 0) is 0 Å². The first-order valence-corrected chi connectivity index (χ1v) is 6.63. The van der Waals surface area contributed by atoms with Crippen LogP contribution in [0, 0.1) is 0 Å². The second kappa shape index (κ2) is 6.49. The summed E-state index contributed by atoms with van der Waals surface area (Å²) in [6.45, 7) is 11.7. The zero-order chi connectivity index (χ0) is 11.3. The van der Waals surface area contributed by atoms with Gasteiger partial charge in [-0.05, 0) is 32.7 Å². The van der Waals surface area contributed by atoms with Crippen LogP contribution in [-0.4, -0.2) is 36.1 Å². The van der Waals surface area contributed by atoms with Gasteiger partial charge < -0.3 is 5.32 Å². The monoisotopic (exact) mass is 212 g/mol. The van der Waals surface area contributed by atoms with Crippen molar-refractivity contribution in [3.05, 3.63) is 0 Å². The molecule has 0 bridgehead atoms. The van der Waals surface area contributed by atoms with Crippen molar-refractivity contribution in [3.8, 4) is 0 Å². The fourth-order valence-electron chi connectivity index (χ4n) is 2.61. The molecule has 1 saturated heterocycles. The van der Waals surface area contributed by atoms with Gasteiger partial charge in [0.1, 0.15) is 0 Å². The predicted octanol–water partition coefficient (Wildman–Crippen LogP) is 2.64. The topological polar surface area (TPSA) is 15.3 Å². The number of rotatable bonds is 5. The standard InChI is InChI=1S/C13H28N2/c1-5-7-12(4)15-9-6-8-13(10-15)14-11(2)3/h11-14H,5-10H2,1-4H3. The Labute approximate surface area is 95.4 Å². The average Bonchev–Trinajstić information content (AvgIpc) is 2.17. The molecule has 0 aromatic rings. The van der Waals surface area contributed by atoms with Gasteiger partial charge in [-0.25, -0.2) is 0 Å². The van der Waals surface area contributed by atoms with Crippen molar-refractivity contribution >= 4 is 0 Å². The quantitative estimate of drug-likeness (QED) is 0.753. The van der Waals surface area contributed by atoms with E-state index in [0.717, 1.165) is 12.1 Å². The van der Waals surface area contributed by atoms with Crippen molar-refractivity contribution in [2.24, 2.45) is 0 Å². The van der Waals surface area contributed by atoms with E-state index < -0.39 is 0 Å². The van der Waals surface area contributed by atoms with Crippen molar-refractivity contribution in [1.29, 1.82) is 0 Å². The van der Waals surface area contributed by atoms with Crippen molar-refractivity contribution in [2.45, 2.75) is 71.5 Å². The number of piperidine rings is 1. The molecule has 2 atom stereocenters. The summed E-state index contributed by atoms with van der Waals surface area (Å²) in [6, 6.07) is 2.11. The average molecular weight is 212 g/mol. The molecule has 0 aromatic heterocycles. The van der Waals surface area contributed by atoms with Crippen molar-refractivity contribution in [2.75, 3.05) is 13.1 Å². The number of hydrogen-bond donors (Lipinski definition) is 1. The van der Waals surface area contributed by atoms with E-state index in [1.165, 1.54) is 38.8 Å². The minimum absolute atomic E-state index is 0.622. The SMILES string of the molecule is CCCC(C)N1CCCC(NC(C)C)C1. The third kappa shape index (κ3) is 4.52. The van der Waals surface area contributed by atoms with Crippen LogP contribution in [0.4, 0.5) is 0 Å². The highest BCUT2D eigenvalue weighted by Gasteiger charge is 2.22. The van der Waals surface area contributed by atoms with E-state index >= 15 is 0 Å². The van der Waals surface area contributed by atoms with Gasteiger partial charge in [0.05, 0.1) is 0 Å². The van der Waals surface area contributed by atoms with Crippen LogP contribution >= 0.6 is 0 Å². The summed E-state index contributed by atoms with van der Waals surface area (Å²) in [5.41, 5.74) is 0. The maximum absolute atomic E-state index is 3.67. The first-order chi connectivity index (χ1) is 7.13. The number of nitrogens with zero attached hydrogens (tertiary/aromatic N) is 1. The molecule has 0 saturated carbocycles. The lowest BCUT2D eigenvalue weighted by molar-refractivity contribution is 0.136. The first kappa shape index (κ1) is 13.0. The Balaban J connectivity index is 2.34. The van der Waals surface area contributed by atoms with Gasteiger partial charge in [-0.15, -0.1) is 0 Å². The van der Waals surface area contributed by atoms with E-state index in [-0.39, 0.29) is 0 Å². The zero-order valence-corrected chi connectivity index (χ0v) is 10.9. The molecule has 1 rings (SSSR count). The third-order valence-corrected chi connectivity index (χ3v) is 3.35. The molecular formula is C13H28N2. The van der Waals surface area contributed by atoms with E-state index in [0.29, 0.717) is 6.04 Å². The number of likely N-dealkylation sites (tertiary alicyclic amines) is 1. The van der Waals surface area contributed by atoms with E-state index in [4.69, 9.17) is 0 Å². The van der Waals surface area contributed by atoms with Gasteiger partial charge in [0.25, 0.3) is 0 Å². The van der Waals surface area contributed by atoms with Gasteiger partial charge in [-0.3, -0.25) is 4.90 Å². The predicted molar refractivity (Wildman–Crippen MR) is 67.2 cm³/mol. The van der Waals surface area contributed by atoms with E-state index in [9.17, 15) is 0 Å². The van der Waals surface area contributed by atoms with Gasteiger partial charge in [0.2, 0.25) is 0 Å². The number of hydrogen-bond acceptors (Lipinski definition) is 2. The molecule has 2 nitrogen and oxygen atoms in total. The van der Waals surface area contributed by atoms with E-state index in [1.807, 2.05) is 0 Å². The molecule has 1 aliphatic heterocycles. The van der Waals surface area contributed by atoms with Crippen LogP contribution in [0.1, 0.15) is 53.4 Å². The lowest BCUT2D eigenvalue weighted by Gasteiger charge is -2.38. The molecule has 90 valence electrons. The molecule has 2 heteroatoms. The van der Waals surface area contributed by atoms with Crippen molar-refractivity contribution in [1.82, 2.24) is 10.2 Å². The molecule has 1 heterocycles. The molecule has 15 heavy (non-hydrogen) atoms. The lowest BCUT2D eigenvalue weighted by Crippen LogP contribution is -2.50. The van der Waals surface area contributed by atoms with Crippen LogP contribution in [0.3, 0.4) is 0 Å². The molecule has 2 unspecified atom stereocenters. The maximum Gasteiger partial charge on any atom is 0.0197 e. The molecule has 0 spiro atoms. The molecule has 0 amide bonds. The van der Waals surface area contributed by atoms with Crippen LogP contribution < -0.4 is 5.32 Å². The second-order valence-corrected chi connectivity index (χ2v) is 5.29. The van der Waals surface area contributed by atoms with Crippen LogP contribution in [0.15, 0.2) is 0 Å². The normalized spacial score (nSPS) is 25.8. The highest BCUT2D eigenvalue weighted by Crippen LogP contribution is 2.15. The molecule has 1 fully saturated rings. The van der Waals surface area contributed by atoms with Crippen LogP contribution in [0.2, 0.25) is 0 Å². The fraction of sp³-hybridized carbons (Fsp3) is 1.00. The Morgan fingerprint density at radius 2 is 2.07 bits per heavy atom. The highest BCUT2D eigenvalue weighted by molar-refractivity contribution is 4.81. The van der Waals surface area contributed by atoms with Gasteiger partial charge in [-0.1, -0.05) is 27.2 Å². The Hall–Kier alpha value is -0.0800. The summed E-state index contributed by atoms with van der Waals surface area (Å²) in [5, 5.41) is 3.67. The smallest absolute Gasteiger partial charge is 0.0197 e. The number of nitrogens with one attached hydrogen (secondary N) is 1. The van der Waals surface area contributed by atoms with Gasteiger partial charge in [-0.2, -0.15) is 0 Å². The summed E-state index contributed by atoms with van der Waals surface area (Å²) >= 11 is 0. The van der Waals surface area contributed by atoms with E-state index in [1.54, 1.807) is 0 Å². The Kier molecular flexibility index (Phi) is 5.62. The molecule has 1 aliphatic rings. The van der Waals surface area contributed by atoms with E-state index in [2.05, 4.69) is 37.9 Å². The first-order valence-electron chi connectivity index (χ1n) is 6.63. The minimum atomic E-state index is 0.622. The summed E-state index contributed by atoms with van der Waals surface area (Å²) < 4.78 is 0. The summed E-state index contributed by atoms with van der Waals surface area (Å²) in [4.78, 5) is 2.66. The van der Waals surface area contributed by atoms with Gasteiger partial charge in [0.15, 0.2) is 0 Å². The summed E-state index contributed by atoms with van der Waals surface area (Å²) in [7, 11) is 0. The minimum Gasteiger partial charge on any atom is -0.311 e. The fourth-order valence-corrected chi connectivity index (χ4v) is 2.61. The molecule has 1 N–H and O–H groups in total. The van der Waals surface area contributed by atoms with Crippen molar-refractivity contribution in [3.63, 3.8) is 0 Å².